The lowest BCUT2D eigenvalue weighted by Crippen LogP contribution is -1.61. The molecule has 2 heteroatoms. The molecule has 9 heavy (non-hydrogen) atoms. The number of rotatable bonds is 0. The van der Waals surface area contributed by atoms with Gasteiger partial charge in [-0.15, -0.1) is 0 Å². The zero-order chi connectivity index (χ0) is 6.69. The van der Waals surface area contributed by atoms with E-state index in [1.807, 2.05) is 18.2 Å². The molecule has 0 radical (unpaired) electrons. The molecule has 0 N–H and O–H groups in total. The van der Waals surface area contributed by atoms with Crippen LogP contribution in [0.3, 0.4) is 0 Å². The summed E-state index contributed by atoms with van der Waals surface area (Å²) >= 11 is 11.3. The molecule has 0 aliphatic heterocycles. The quantitative estimate of drug-likeness (QED) is 0.511. The Morgan fingerprint density at radius 1 is 1.22 bits per heavy atom. The van der Waals surface area contributed by atoms with Gasteiger partial charge in [-0.2, -0.15) is 0 Å². The molecule has 0 aromatic heterocycles. The van der Waals surface area contributed by atoms with Gasteiger partial charge in [0.25, 0.3) is 0 Å². The smallest absolute Gasteiger partial charge is 0.0417 e. The number of hydrogen-bond donors (Lipinski definition) is 0. The van der Waals surface area contributed by atoms with E-state index in [1.54, 1.807) is 6.08 Å². The van der Waals surface area contributed by atoms with Crippen molar-refractivity contribution >= 4 is 23.2 Å². The van der Waals surface area contributed by atoms with Crippen LogP contribution in [0.15, 0.2) is 34.4 Å². The van der Waals surface area contributed by atoms with Gasteiger partial charge in [0.05, 0.1) is 0 Å². The van der Waals surface area contributed by atoms with Gasteiger partial charge in [-0.05, 0) is 18.6 Å². The first-order valence-corrected chi connectivity index (χ1v) is 3.44. The second-order valence-corrected chi connectivity index (χ2v) is 2.63. The van der Waals surface area contributed by atoms with Gasteiger partial charge in [0.2, 0.25) is 0 Å². The van der Waals surface area contributed by atoms with Crippen LogP contribution in [0.4, 0.5) is 0 Å². The molecular weight excluding hydrogens is 155 g/mol. The molecule has 0 aromatic rings. The normalized spacial score (nSPS) is 18.4. The molecule has 0 amide bonds. The average Bonchev–Trinajstić information content (AvgIpc) is 1.93. The molecule has 0 saturated heterocycles. The van der Waals surface area contributed by atoms with Gasteiger partial charge >= 0.3 is 0 Å². The summed E-state index contributed by atoms with van der Waals surface area (Å²) in [4.78, 5) is 0. The van der Waals surface area contributed by atoms with Gasteiger partial charge in [0, 0.05) is 10.1 Å². The Morgan fingerprint density at radius 3 is 2.78 bits per heavy atom. The van der Waals surface area contributed by atoms with Crippen LogP contribution < -0.4 is 0 Å². The zero-order valence-corrected chi connectivity index (χ0v) is 6.28. The van der Waals surface area contributed by atoms with Crippen molar-refractivity contribution < 1.29 is 0 Å². The lowest BCUT2D eigenvalue weighted by atomic mass is 10.4. The number of hydrogen-bond acceptors (Lipinski definition) is 0. The molecule has 0 saturated carbocycles. The molecule has 0 aromatic carbocycles. The van der Waals surface area contributed by atoms with Crippen molar-refractivity contribution in [2.75, 3.05) is 0 Å². The summed E-state index contributed by atoms with van der Waals surface area (Å²) < 4.78 is 0. The van der Waals surface area contributed by atoms with E-state index in [9.17, 15) is 0 Å². The third-order valence-corrected chi connectivity index (χ3v) is 1.50. The van der Waals surface area contributed by atoms with E-state index in [1.165, 1.54) is 0 Å². The maximum atomic E-state index is 5.68. The summed E-state index contributed by atoms with van der Waals surface area (Å²) in [5.41, 5.74) is 0. The largest absolute Gasteiger partial charge is 0.0846 e. The second kappa shape index (κ2) is 3.09. The summed E-state index contributed by atoms with van der Waals surface area (Å²) in [6.07, 6.45) is 8.31. The molecular formula is C7H6Cl2. The Kier molecular flexibility index (Phi) is 2.38. The minimum atomic E-state index is 0.689. The van der Waals surface area contributed by atoms with E-state index in [0.717, 1.165) is 6.42 Å². The Hall–Kier alpha value is -0.200. The minimum absolute atomic E-state index is 0.689. The summed E-state index contributed by atoms with van der Waals surface area (Å²) in [5.74, 6) is 0. The molecule has 0 unspecified atom stereocenters. The van der Waals surface area contributed by atoms with Crippen molar-refractivity contribution in [1.29, 1.82) is 0 Å². The van der Waals surface area contributed by atoms with E-state index in [4.69, 9.17) is 23.2 Å². The Labute approximate surface area is 64.5 Å². The highest BCUT2D eigenvalue weighted by Crippen LogP contribution is 2.16. The van der Waals surface area contributed by atoms with Crippen LogP contribution in [-0.2, 0) is 0 Å². The molecule has 0 bridgehead atoms. The monoisotopic (exact) mass is 160 g/mol. The summed E-state index contributed by atoms with van der Waals surface area (Å²) in [6, 6.07) is 0. The van der Waals surface area contributed by atoms with Crippen molar-refractivity contribution in [2.45, 2.75) is 6.42 Å². The van der Waals surface area contributed by atoms with Crippen LogP contribution in [0.25, 0.3) is 0 Å². The van der Waals surface area contributed by atoms with E-state index in [2.05, 4.69) is 0 Å². The minimum Gasteiger partial charge on any atom is -0.0846 e. The highest BCUT2D eigenvalue weighted by molar-refractivity contribution is 6.35. The fourth-order valence-corrected chi connectivity index (χ4v) is 1.07. The second-order valence-electron chi connectivity index (χ2n) is 1.76. The summed E-state index contributed by atoms with van der Waals surface area (Å²) in [5, 5.41) is 1.40. The van der Waals surface area contributed by atoms with E-state index < -0.39 is 0 Å². The fraction of sp³-hybridized carbons (Fsp3) is 0.143. The Bertz CT molecular complexity index is 187. The molecule has 48 valence electrons. The van der Waals surface area contributed by atoms with Crippen molar-refractivity contribution in [1.82, 2.24) is 0 Å². The lowest BCUT2D eigenvalue weighted by molar-refractivity contribution is 1.40. The Balaban J connectivity index is 2.82. The zero-order valence-electron chi connectivity index (χ0n) is 4.77. The van der Waals surface area contributed by atoms with Crippen molar-refractivity contribution in [3.8, 4) is 0 Å². The van der Waals surface area contributed by atoms with E-state index in [0.29, 0.717) is 10.1 Å². The number of halogens is 2. The molecule has 0 spiro atoms. The molecule has 0 heterocycles. The topological polar surface area (TPSA) is 0 Å². The van der Waals surface area contributed by atoms with Gasteiger partial charge < -0.3 is 0 Å². The van der Waals surface area contributed by atoms with Crippen molar-refractivity contribution in [2.24, 2.45) is 0 Å². The summed E-state index contributed by atoms with van der Waals surface area (Å²) in [7, 11) is 0. The third kappa shape index (κ3) is 2.25. The van der Waals surface area contributed by atoms with Gasteiger partial charge in [-0.25, -0.2) is 0 Å². The van der Waals surface area contributed by atoms with E-state index >= 15 is 0 Å². The molecule has 1 aliphatic carbocycles. The van der Waals surface area contributed by atoms with Crippen molar-refractivity contribution in [3.05, 3.63) is 34.4 Å². The van der Waals surface area contributed by atoms with Crippen LogP contribution in [0.5, 0.6) is 0 Å². The molecule has 1 rings (SSSR count). The van der Waals surface area contributed by atoms with E-state index in [-0.39, 0.29) is 0 Å². The molecule has 0 atom stereocenters. The highest BCUT2D eigenvalue weighted by atomic mass is 35.5. The molecule has 0 nitrogen and oxygen atoms in total. The standard InChI is InChI=1S/C7H6Cl2/c8-6-3-1-2-4-7(9)5-6/h1,3-5H,2H2. The first-order valence-electron chi connectivity index (χ1n) is 2.68. The average molecular weight is 161 g/mol. The summed E-state index contributed by atoms with van der Waals surface area (Å²) in [6.45, 7) is 0. The van der Waals surface area contributed by atoms with Crippen molar-refractivity contribution in [3.63, 3.8) is 0 Å². The van der Waals surface area contributed by atoms with Gasteiger partial charge in [-0.1, -0.05) is 35.4 Å². The van der Waals surface area contributed by atoms with Crippen LogP contribution in [0.1, 0.15) is 6.42 Å². The lowest BCUT2D eigenvalue weighted by Gasteiger charge is -1.83. The van der Waals surface area contributed by atoms with Crippen LogP contribution in [0, 0.1) is 0 Å². The van der Waals surface area contributed by atoms with Gasteiger partial charge in [0.15, 0.2) is 0 Å². The van der Waals surface area contributed by atoms with Crippen LogP contribution >= 0.6 is 23.2 Å². The predicted molar refractivity (Wildman–Crippen MR) is 41.6 cm³/mol. The SMILES string of the molecule is ClC1=CCC=CC(Cl)=C1. The Morgan fingerprint density at radius 2 is 2.00 bits per heavy atom. The first kappa shape index (κ1) is 6.91. The van der Waals surface area contributed by atoms with Gasteiger partial charge in [-0.3, -0.25) is 0 Å². The molecule has 0 fully saturated rings. The molecule has 1 aliphatic rings. The number of allylic oxidation sites excluding steroid dienone is 6. The fourth-order valence-electron chi connectivity index (χ4n) is 0.600. The maximum absolute atomic E-state index is 5.68. The van der Waals surface area contributed by atoms with Gasteiger partial charge in [0.1, 0.15) is 0 Å². The van der Waals surface area contributed by atoms with Crippen LogP contribution in [-0.4, -0.2) is 0 Å². The first-order chi connectivity index (χ1) is 4.29. The predicted octanol–water partition coefficient (Wildman–Crippen LogP) is 3.19. The maximum Gasteiger partial charge on any atom is 0.0417 e. The third-order valence-electron chi connectivity index (χ3n) is 1.00. The van der Waals surface area contributed by atoms with Crippen LogP contribution in [0.2, 0.25) is 0 Å². The highest BCUT2D eigenvalue weighted by Gasteiger charge is 1.91.